The maximum atomic E-state index is 12.1. The van der Waals surface area contributed by atoms with Gasteiger partial charge < -0.3 is 15.4 Å². The van der Waals surface area contributed by atoms with Crippen LogP contribution in [0, 0.1) is 0 Å². The summed E-state index contributed by atoms with van der Waals surface area (Å²) >= 11 is 0. The number of ether oxygens (including phenoxy) is 1. The zero-order valence-electron chi connectivity index (χ0n) is 22.5. The standard InChI is InChI=1S/C30H54N2O2/c1-3-5-7-9-10-11-12-13-14-15-16-17-18-19-24-31-30(33)27-32-28-22-21-23-29(26-28)34-25-20-8-6-4-2/h21-23,26,32H,3-20,24-25,27H2,1-2H3,(H,31,33). The number of carbonyl (C=O) groups is 1. The van der Waals surface area contributed by atoms with Crippen molar-refractivity contribution >= 4 is 11.6 Å². The Bertz CT molecular complexity index is 591. The molecule has 0 atom stereocenters. The van der Waals surface area contributed by atoms with Gasteiger partial charge in [-0.3, -0.25) is 4.79 Å². The van der Waals surface area contributed by atoms with Gasteiger partial charge in [-0.15, -0.1) is 0 Å². The largest absolute Gasteiger partial charge is 0.494 e. The van der Waals surface area contributed by atoms with Gasteiger partial charge >= 0.3 is 0 Å². The lowest BCUT2D eigenvalue weighted by atomic mass is 10.0. The Labute approximate surface area is 211 Å². The lowest BCUT2D eigenvalue weighted by Crippen LogP contribution is -2.30. The zero-order chi connectivity index (χ0) is 24.5. The van der Waals surface area contributed by atoms with Crippen molar-refractivity contribution in [1.29, 1.82) is 0 Å². The number of anilines is 1. The summed E-state index contributed by atoms with van der Waals surface area (Å²) in [6.45, 7) is 6.33. The van der Waals surface area contributed by atoms with E-state index in [9.17, 15) is 4.79 Å². The van der Waals surface area contributed by atoms with Crippen LogP contribution in [0.4, 0.5) is 5.69 Å². The highest BCUT2D eigenvalue weighted by Gasteiger charge is 2.02. The molecule has 1 aromatic rings. The molecule has 0 aliphatic carbocycles. The minimum atomic E-state index is 0.0561. The molecule has 4 heteroatoms. The van der Waals surface area contributed by atoms with Gasteiger partial charge in [-0.2, -0.15) is 0 Å². The second-order valence-electron chi connectivity index (χ2n) is 9.74. The molecule has 2 N–H and O–H groups in total. The minimum absolute atomic E-state index is 0.0561. The number of carbonyl (C=O) groups excluding carboxylic acids is 1. The Kier molecular flexibility index (Phi) is 20.6. The molecule has 4 nitrogen and oxygen atoms in total. The summed E-state index contributed by atoms with van der Waals surface area (Å²) < 4.78 is 5.82. The number of nitrogens with one attached hydrogen (secondary N) is 2. The van der Waals surface area contributed by atoms with Gasteiger partial charge in [-0.25, -0.2) is 0 Å². The monoisotopic (exact) mass is 474 g/mol. The molecule has 1 aromatic carbocycles. The molecular formula is C30H54N2O2. The van der Waals surface area contributed by atoms with E-state index in [2.05, 4.69) is 24.5 Å². The Balaban J connectivity index is 1.92. The van der Waals surface area contributed by atoms with E-state index in [4.69, 9.17) is 4.74 Å². The smallest absolute Gasteiger partial charge is 0.239 e. The quantitative estimate of drug-likeness (QED) is 0.147. The van der Waals surface area contributed by atoms with E-state index in [0.29, 0.717) is 6.54 Å². The molecule has 1 amide bonds. The molecule has 1 rings (SSSR count). The van der Waals surface area contributed by atoms with Crippen LogP contribution in [0.25, 0.3) is 0 Å². The van der Waals surface area contributed by atoms with Crippen LogP contribution in [0.2, 0.25) is 0 Å². The van der Waals surface area contributed by atoms with Crippen LogP contribution in [-0.2, 0) is 4.79 Å². The molecule has 0 saturated heterocycles. The molecule has 196 valence electrons. The van der Waals surface area contributed by atoms with Crippen molar-refractivity contribution in [2.75, 3.05) is 25.0 Å². The first-order valence-corrected chi connectivity index (χ1v) is 14.5. The summed E-state index contributed by atoms with van der Waals surface area (Å²) in [5, 5.41) is 6.24. The highest BCUT2D eigenvalue weighted by Crippen LogP contribution is 2.18. The molecule has 0 bridgehead atoms. The third-order valence-corrected chi connectivity index (χ3v) is 6.41. The Hall–Kier alpha value is -1.71. The van der Waals surface area contributed by atoms with Crippen molar-refractivity contribution in [3.05, 3.63) is 24.3 Å². The van der Waals surface area contributed by atoms with Crippen LogP contribution >= 0.6 is 0 Å². The maximum Gasteiger partial charge on any atom is 0.239 e. The molecule has 0 radical (unpaired) electrons. The topological polar surface area (TPSA) is 50.4 Å². The average Bonchev–Trinajstić information content (AvgIpc) is 2.85. The fourth-order valence-electron chi connectivity index (χ4n) is 4.21. The van der Waals surface area contributed by atoms with E-state index < -0.39 is 0 Å². The van der Waals surface area contributed by atoms with E-state index >= 15 is 0 Å². The van der Waals surface area contributed by atoms with Gasteiger partial charge in [0.2, 0.25) is 5.91 Å². The molecule has 34 heavy (non-hydrogen) atoms. The van der Waals surface area contributed by atoms with Crippen LogP contribution in [0.5, 0.6) is 5.75 Å². The SMILES string of the molecule is CCCCCCCCCCCCCCCCNC(=O)CNc1cccc(OCCCCCC)c1. The fraction of sp³-hybridized carbons (Fsp3) is 0.767. The van der Waals surface area contributed by atoms with Gasteiger partial charge in [-0.05, 0) is 25.0 Å². The van der Waals surface area contributed by atoms with E-state index in [0.717, 1.165) is 37.4 Å². The fourth-order valence-corrected chi connectivity index (χ4v) is 4.21. The predicted octanol–water partition coefficient (Wildman–Crippen LogP) is 8.66. The molecule has 0 aromatic heterocycles. The zero-order valence-corrected chi connectivity index (χ0v) is 22.5. The summed E-state index contributed by atoms with van der Waals surface area (Å²) in [6.07, 6.45) is 23.8. The van der Waals surface area contributed by atoms with Crippen molar-refractivity contribution in [3.63, 3.8) is 0 Å². The summed E-state index contributed by atoms with van der Waals surface area (Å²) in [5.74, 6) is 0.921. The molecule has 0 spiro atoms. The molecule has 0 unspecified atom stereocenters. The lowest BCUT2D eigenvalue weighted by Gasteiger charge is -2.10. The van der Waals surface area contributed by atoms with Crippen LogP contribution in [-0.4, -0.2) is 25.6 Å². The summed E-state index contributed by atoms with van der Waals surface area (Å²) in [7, 11) is 0. The maximum absolute atomic E-state index is 12.1. The van der Waals surface area contributed by atoms with Gasteiger partial charge in [0.25, 0.3) is 0 Å². The number of hydrogen-bond acceptors (Lipinski definition) is 3. The van der Waals surface area contributed by atoms with Crippen LogP contribution in [0.15, 0.2) is 24.3 Å². The van der Waals surface area contributed by atoms with E-state index in [1.165, 1.54) is 103 Å². The van der Waals surface area contributed by atoms with Crippen LogP contribution in [0.3, 0.4) is 0 Å². The minimum Gasteiger partial charge on any atom is -0.494 e. The average molecular weight is 475 g/mol. The number of unbranched alkanes of at least 4 members (excludes halogenated alkanes) is 16. The van der Waals surface area contributed by atoms with Crippen LogP contribution < -0.4 is 15.4 Å². The van der Waals surface area contributed by atoms with Gasteiger partial charge in [0.05, 0.1) is 13.2 Å². The Morgan fingerprint density at radius 1 is 0.706 bits per heavy atom. The second-order valence-corrected chi connectivity index (χ2v) is 9.74. The van der Waals surface area contributed by atoms with Crippen LogP contribution in [0.1, 0.15) is 129 Å². The number of hydrogen-bond donors (Lipinski definition) is 2. The second kappa shape index (κ2) is 23.1. The molecule has 0 fully saturated rings. The van der Waals surface area contributed by atoms with Crippen molar-refractivity contribution in [3.8, 4) is 5.75 Å². The number of amides is 1. The third kappa shape index (κ3) is 18.7. The number of benzene rings is 1. The number of rotatable bonds is 24. The van der Waals surface area contributed by atoms with Crippen molar-refractivity contribution in [2.45, 2.75) is 129 Å². The molecule has 0 saturated carbocycles. The van der Waals surface area contributed by atoms with Gasteiger partial charge in [0, 0.05) is 18.3 Å². The summed E-state index contributed by atoms with van der Waals surface area (Å²) in [6, 6.07) is 7.89. The van der Waals surface area contributed by atoms with E-state index in [1.807, 2.05) is 24.3 Å². The Morgan fingerprint density at radius 2 is 1.24 bits per heavy atom. The van der Waals surface area contributed by atoms with E-state index in [1.54, 1.807) is 0 Å². The molecular weight excluding hydrogens is 420 g/mol. The summed E-state index contributed by atoms with van der Waals surface area (Å²) in [4.78, 5) is 12.1. The molecule has 0 heterocycles. The lowest BCUT2D eigenvalue weighted by molar-refractivity contribution is -0.119. The Morgan fingerprint density at radius 3 is 1.82 bits per heavy atom. The molecule has 0 aliphatic heterocycles. The highest BCUT2D eigenvalue weighted by molar-refractivity contribution is 5.80. The normalized spacial score (nSPS) is 10.9. The first-order chi connectivity index (χ1) is 16.8. The van der Waals surface area contributed by atoms with Crippen molar-refractivity contribution in [2.24, 2.45) is 0 Å². The van der Waals surface area contributed by atoms with Crippen molar-refractivity contribution in [1.82, 2.24) is 5.32 Å². The third-order valence-electron chi connectivity index (χ3n) is 6.41. The van der Waals surface area contributed by atoms with Crippen molar-refractivity contribution < 1.29 is 9.53 Å². The van der Waals surface area contributed by atoms with E-state index in [-0.39, 0.29) is 5.91 Å². The van der Waals surface area contributed by atoms with Gasteiger partial charge in [-0.1, -0.05) is 123 Å². The molecule has 0 aliphatic rings. The van der Waals surface area contributed by atoms with Gasteiger partial charge in [0.15, 0.2) is 0 Å². The predicted molar refractivity (Wildman–Crippen MR) is 148 cm³/mol. The highest BCUT2D eigenvalue weighted by atomic mass is 16.5. The van der Waals surface area contributed by atoms with Gasteiger partial charge in [0.1, 0.15) is 5.75 Å². The summed E-state index contributed by atoms with van der Waals surface area (Å²) in [5.41, 5.74) is 0.928. The first-order valence-electron chi connectivity index (χ1n) is 14.5. The first kappa shape index (κ1) is 30.3.